The first-order valence-electron chi connectivity index (χ1n) is 7.43. The smallest absolute Gasteiger partial charge is 0.291 e. The normalized spacial score (nSPS) is 12.1. The molecule has 4 rings (SSSR count). The second-order valence-electron chi connectivity index (χ2n) is 4.99. The molecular formula is C17H13N3O2S2. The van der Waals surface area contributed by atoms with Gasteiger partial charge in [0.25, 0.3) is 5.56 Å². The molecule has 0 aliphatic rings. The van der Waals surface area contributed by atoms with Crippen LogP contribution in [0, 0.1) is 0 Å². The molecule has 0 unspecified atom stereocenters. The summed E-state index contributed by atoms with van der Waals surface area (Å²) >= 11 is 2.89. The third-order valence-corrected chi connectivity index (χ3v) is 5.25. The van der Waals surface area contributed by atoms with Gasteiger partial charge in [-0.2, -0.15) is 9.50 Å². The standard InChI is InChI=1S/C17H13N3O2S2/c1-2-22-12-7-4-3-6-11(12)10-14-16(21)20-17(24-14)18-15(19-20)13-8-5-9-23-13/h3-10H,2H2,1H3. The van der Waals surface area contributed by atoms with Gasteiger partial charge in [-0.1, -0.05) is 35.6 Å². The van der Waals surface area contributed by atoms with Gasteiger partial charge in [-0.15, -0.1) is 16.4 Å². The highest BCUT2D eigenvalue weighted by Gasteiger charge is 2.12. The summed E-state index contributed by atoms with van der Waals surface area (Å²) in [4.78, 5) is 18.6. The molecule has 0 bridgehead atoms. The molecule has 0 spiro atoms. The highest BCUT2D eigenvalue weighted by Crippen LogP contribution is 2.22. The van der Waals surface area contributed by atoms with E-state index in [0.29, 0.717) is 21.9 Å². The van der Waals surface area contributed by atoms with Crippen LogP contribution in [0.25, 0.3) is 21.7 Å². The Hall–Kier alpha value is -2.51. The summed E-state index contributed by atoms with van der Waals surface area (Å²) < 4.78 is 7.57. The van der Waals surface area contributed by atoms with Crippen LogP contribution in [-0.4, -0.2) is 21.2 Å². The molecule has 0 aliphatic heterocycles. The van der Waals surface area contributed by atoms with E-state index in [9.17, 15) is 4.79 Å². The van der Waals surface area contributed by atoms with E-state index in [2.05, 4.69) is 10.1 Å². The number of hydrogen-bond acceptors (Lipinski definition) is 6. The number of aromatic nitrogens is 3. The van der Waals surface area contributed by atoms with Gasteiger partial charge < -0.3 is 4.74 Å². The third-order valence-electron chi connectivity index (χ3n) is 3.43. The van der Waals surface area contributed by atoms with Crippen molar-refractivity contribution >= 4 is 33.7 Å². The van der Waals surface area contributed by atoms with Crippen LogP contribution in [0.5, 0.6) is 5.75 Å². The average molecular weight is 355 g/mol. The zero-order valence-corrected chi connectivity index (χ0v) is 14.4. The van der Waals surface area contributed by atoms with Crippen LogP contribution in [0.15, 0.2) is 46.6 Å². The summed E-state index contributed by atoms with van der Waals surface area (Å²) in [6.07, 6.45) is 1.83. The fourth-order valence-electron chi connectivity index (χ4n) is 2.37. The van der Waals surface area contributed by atoms with E-state index in [1.54, 1.807) is 11.3 Å². The molecule has 5 nitrogen and oxygen atoms in total. The van der Waals surface area contributed by atoms with Gasteiger partial charge >= 0.3 is 0 Å². The molecule has 3 aromatic heterocycles. The largest absolute Gasteiger partial charge is 0.493 e. The molecule has 24 heavy (non-hydrogen) atoms. The number of fused-ring (bicyclic) bond motifs is 1. The topological polar surface area (TPSA) is 56.5 Å². The molecule has 0 saturated heterocycles. The van der Waals surface area contributed by atoms with Crippen LogP contribution in [0.3, 0.4) is 0 Å². The van der Waals surface area contributed by atoms with Crippen molar-refractivity contribution < 1.29 is 4.74 Å². The molecule has 0 N–H and O–H groups in total. The van der Waals surface area contributed by atoms with Crippen molar-refractivity contribution in [3.8, 4) is 16.5 Å². The van der Waals surface area contributed by atoms with Crippen molar-refractivity contribution in [1.82, 2.24) is 14.6 Å². The van der Waals surface area contributed by atoms with Crippen molar-refractivity contribution in [2.45, 2.75) is 6.92 Å². The third kappa shape index (κ3) is 2.61. The quantitative estimate of drug-likeness (QED) is 0.565. The molecule has 4 aromatic rings. The fraction of sp³-hybridized carbons (Fsp3) is 0.118. The zero-order chi connectivity index (χ0) is 16.5. The molecule has 0 fully saturated rings. The Morgan fingerprint density at radius 1 is 1.25 bits per heavy atom. The lowest BCUT2D eigenvalue weighted by molar-refractivity contribution is 0.339. The highest BCUT2D eigenvalue weighted by atomic mass is 32.1. The first-order valence-corrected chi connectivity index (χ1v) is 9.13. The van der Waals surface area contributed by atoms with E-state index in [1.165, 1.54) is 15.9 Å². The van der Waals surface area contributed by atoms with Gasteiger partial charge in [0, 0.05) is 5.56 Å². The van der Waals surface area contributed by atoms with Gasteiger partial charge in [0.1, 0.15) is 5.75 Å². The summed E-state index contributed by atoms with van der Waals surface area (Å²) in [5, 5.41) is 6.30. The van der Waals surface area contributed by atoms with Crippen molar-refractivity contribution in [2.24, 2.45) is 0 Å². The predicted molar refractivity (Wildman–Crippen MR) is 96.8 cm³/mol. The SMILES string of the molecule is CCOc1ccccc1C=c1sc2nc(-c3cccs3)nn2c1=O. The molecule has 3 heterocycles. The van der Waals surface area contributed by atoms with Gasteiger partial charge in [-0.3, -0.25) is 4.79 Å². The molecule has 0 aliphatic carbocycles. The maximum atomic E-state index is 12.6. The first kappa shape index (κ1) is 15.0. The molecule has 7 heteroatoms. The Kier molecular flexibility index (Phi) is 3.87. The van der Waals surface area contributed by atoms with E-state index in [4.69, 9.17) is 4.74 Å². The number of ether oxygens (including phenoxy) is 1. The lowest BCUT2D eigenvalue weighted by Gasteiger charge is -2.05. The van der Waals surface area contributed by atoms with Gasteiger partial charge in [-0.25, -0.2) is 0 Å². The van der Waals surface area contributed by atoms with E-state index < -0.39 is 0 Å². The minimum atomic E-state index is -0.156. The molecular weight excluding hydrogens is 342 g/mol. The lowest BCUT2D eigenvalue weighted by atomic mass is 10.2. The van der Waals surface area contributed by atoms with Crippen molar-refractivity contribution in [2.75, 3.05) is 6.61 Å². The second kappa shape index (κ2) is 6.18. The number of hydrogen-bond donors (Lipinski definition) is 0. The first-order chi connectivity index (χ1) is 11.8. The average Bonchev–Trinajstić information content (AvgIpc) is 3.29. The number of thiophene rings is 1. The van der Waals surface area contributed by atoms with Gasteiger partial charge in [0.05, 0.1) is 16.0 Å². The van der Waals surface area contributed by atoms with Crippen molar-refractivity contribution in [1.29, 1.82) is 0 Å². The van der Waals surface area contributed by atoms with Crippen LogP contribution in [0.4, 0.5) is 0 Å². The summed E-state index contributed by atoms with van der Waals surface area (Å²) in [6, 6.07) is 11.5. The van der Waals surface area contributed by atoms with Crippen LogP contribution >= 0.6 is 22.7 Å². The minimum absolute atomic E-state index is 0.156. The molecule has 0 atom stereocenters. The van der Waals surface area contributed by atoms with Gasteiger partial charge in [-0.05, 0) is 30.5 Å². The van der Waals surface area contributed by atoms with E-state index in [1.807, 2.05) is 54.8 Å². The number of benzene rings is 1. The maximum Gasteiger partial charge on any atom is 0.291 e. The van der Waals surface area contributed by atoms with Crippen LogP contribution in [-0.2, 0) is 0 Å². The number of para-hydroxylation sites is 1. The van der Waals surface area contributed by atoms with Crippen molar-refractivity contribution in [3.63, 3.8) is 0 Å². The van der Waals surface area contributed by atoms with Crippen LogP contribution in [0.2, 0.25) is 0 Å². The number of nitrogens with zero attached hydrogens (tertiary/aromatic N) is 3. The van der Waals surface area contributed by atoms with E-state index >= 15 is 0 Å². The van der Waals surface area contributed by atoms with Gasteiger partial charge in [0.2, 0.25) is 4.96 Å². The monoisotopic (exact) mass is 355 g/mol. The Labute approximate surface area is 145 Å². The van der Waals surface area contributed by atoms with E-state index in [0.717, 1.165) is 16.2 Å². The summed E-state index contributed by atoms with van der Waals surface area (Å²) in [6.45, 7) is 2.51. The Morgan fingerprint density at radius 2 is 2.12 bits per heavy atom. The van der Waals surface area contributed by atoms with Gasteiger partial charge in [0.15, 0.2) is 5.82 Å². The zero-order valence-electron chi connectivity index (χ0n) is 12.8. The highest BCUT2D eigenvalue weighted by molar-refractivity contribution is 7.15. The second-order valence-corrected chi connectivity index (χ2v) is 6.95. The maximum absolute atomic E-state index is 12.6. The Balaban J connectivity index is 1.82. The minimum Gasteiger partial charge on any atom is -0.493 e. The molecule has 120 valence electrons. The molecule has 0 radical (unpaired) electrons. The molecule has 0 amide bonds. The predicted octanol–water partition coefficient (Wildman–Crippen LogP) is 2.83. The molecule has 1 aromatic carbocycles. The summed E-state index contributed by atoms with van der Waals surface area (Å²) in [5.41, 5.74) is 0.719. The van der Waals surface area contributed by atoms with Crippen LogP contribution < -0.4 is 14.8 Å². The Bertz CT molecular complexity index is 1100. The molecule has 0 saturated carbocycles. The number of thiazole rings is 1. The van der Waals surface area contributed by atoms with Crippen LogP contribution in [0.1, 0.15) is 12.5 Å². The lowest BCUT2D eigenvalue weighted by Crippen LogP contribution is -2.23. The fourth-order valence-corrected chi connectivity index (χ4v) is 3.92. The van der Waals surface area contributed by atoms with Crippen molar-refractivity contribution in [3.05, 3.63) is 62.2 Å². The Morgan fingerprint density at radius 3 is 2.88 bits per heavy atom. The number of rotatable bonds is 4. The van der Waals surface area contributed by atoms with E-state index in [-0.39, 0.29) is 5.56 Å². The summed E-state index contributed by atoms with van der Waals surface area (Å²) in [7, 11) is 0. The summed E-state index contributed by atoms with van der Waals surface area (Å²) in [5.74, 6) is 1.35.